The fourth-order valence-corrected chi connectivity index (χ4v) is 9.75. The molecule has 0 saturated heterocycles. The van der Waals surface area contributed by atoms with Gasteiger partial charge in [0.1, 0.15) is 0 Å². The lowest BCUT2D eigenvalue weighted by Crippen LogP contribution is -2.07. The van der Waals surface area contributed by atoms with Gasteiger partial charge in [-0.15, -0.1) is 0 Å². The lowest BCUT2D eigenvalue weighted by molar-refractivity contribution is 0.234. The number of rotatable bonds is 55. The standard InChI is InChI=1S/C61H116O3S/c1-4-7-10-13-16-19-22-25-28-31-34-37-40-43-46-49-52-62-59-55-58(57-65)56-60(63-53-50-47-44-41-38-35-32-29-26-23-20-17-14-11-8-5-2)61(59)64-54-51-48-45-42-39-36-33-30-27-24-21-18-15-12-9-6-3/h55-56,65H,4-54,57H2,1-3H3. The van der Waals surface area contributed by atoms with E-state index in [1.54, 1.807) is 0 Å². The Morgan fingerprint density at radius 2 is 0.446 bits per heavy atom. The van der Waals surface area contributed by atoms with Crippen LogP contribution in [0.1, 0.15) is 335 Å². The predicted octanol–water partition coefficient (Wildman–Crippen LogP) is 22.0. The molecule has 0 spiro atoms. The van der Waals surface area contributed by atoms with E-state index in [9.17, 15) is 0 Å². The molecule has 1 rings (SSSR count). The van der Waals surface area contributed by atoms with Crippen molar-refractivity contribution in [1.82, 2.24) is 0 Å². The molecule has 0 aliphatic heterocycles. The maximum absolute atomic E-state index is 6.58. The summed E-state index contributed by atoms with van der Waals surface area (Å²) in [5.74, 6) is 3.21. The van der Waals surface area contributed by atoms with Gasteiger partial charge in [-0.05, 0) is 37.0 Å². The minimum Gasteiger partial charge on any atom is -0.490 e. The molecular weight excluding hydrogens is 813 g/mol. The normalized spacial score (nSPS) is 11.5. The summed E-state index contributed by atoms with van der Waals surface area (Å²) in [4.78, 5) is 0. The van der Waals surface area contributed by atoms with Crippen LogP contribution in [-0.2, 0) is 5.75 Å². The van der Waals surface area contributed by atoms with Gasteiger partial charge in [0.05, 0.1) is 19.8 Å². The van der Waals surface area contributed by atoms with E-state index in [2.05, 4.69) is 45.5 Å². The highest BCUT2D eigenvalue weighted by Crippen LogP contribution is 2.40. The second-order valence-electron chi connectivity index (χ2n) is 20.5. The Hall–Kier alpha value is -1.03. The number of benzene rings is 1. The summed E-state index contributed by atoms with van der Waals surface area (Å²) in [6.07, 6.45) is 66.3. The number of ether oxygens (including phenoxy) is 3. The molecule has 0 aliphatic carbocycles. The average Bonchev–Trinajstić information content (AvgIpc) is 3.32. The van der Waals surface area contributed by atoms with E-state index in [-0.39, 0.29) is 0 Å². The molecule has 0 unspecified atom stereocenters. The molecule has 0 bridgehead atoms. The molecule has 0 radical (unpaired) electrons. The second kappa shape index (κ2) is 52.3. The fourth-order valence-electron chi connectivity index (χ4n) is 9.57. The van der Waals surface area contributed by atoms with Gasteiger partial charge >= 0.3 is 0 Å². The fraction of sp³-hybridized carbons (Fsp3) is 0.902. The molecule has 0 heterocycles. The van der Waals surface area contributed by atoms with Gasteiger partial charge in [-0.25, -0.2) is 0 Å². The number of hydrogen-bond donors (Lipinski definition) is 1. The number of unbranched alkanes of at least 4 members (excludes halogenated alkanes) is 45. The Balaban J connectivity index is 2.40. The van der Waals surface area contributed by atoms with E-state index in [0.29, 0.717) is 5.75 Å². The average molecular weight is 930 g/mol. The molecule has 384 valence electrons. The Morgan fingerprint density at radius 3 is 0.646 bits per heavy atom. The predicted molar refractivity (Wildman–Crippen MR) is 294 cm³/mol. The smallest absolute Gasteiger partial charge is 0.203 e. The van der Waals surface area contributed by atoms with Gasteiger partial charge in [-0.3, -0.25) is 0 Å². The van der Waals surface area contributed by atoms with Gasteiger partial charge in [0, 0.05) is 5.75 Å². The van der Waals surface area contributed by atoms with Crippen molar-refractivity contribution >= 4 is 12.6 Å². The van der Waals surface area contributed by atoms with Crippen molar-refractivity contribution in [2.75, 3.05) is 19.8 Å². The Labute approximate surface area is 414 Å². The van der Waals surface area contributed by atoms with E-state index < -0.39 is 0 Å². The third-order valence-corrected chi connectivity index (χ3v) is 14.4. The topological polar surface area (TPSA) is 27.7 Å². The summed E-state index contributed by atoms with van der Waals surface area (Å²) in [5, 5.41) is 0. The van der Waals surface area contributed by atoms with Gasteiger partial charge in [0.15, 0.2) is 11.5 Å². The van der Waals surface area contributed by atoms with Crippen molar-refractivity contribution in [2.45, 2.75) is 335 Å². The van der Waals surface area contributed by atoms with Crippen LogP contribution in [0, 0.1) is 0 Å². The first-order valence-corrected chi connectivity index (χ1v) is 30.6. The zero-order valence-corrected chi connectivity index (χ0v) is 45.5. The van der Waals surface area contributed by atoms with Crippen LogP contribution < -0.4 is 14.2 Å². The minimum absolute atomic E-state index is 0.671. The summed E-state index contributed by atoms with van der Waals surface area (Å²) in [7, 11) is 0. The van der Waals surface area contributed by atoms with Gasteiger partial charge < -0.3 is 14.2 Å². The molecule has 0 saturated carbocycles. The van der Waals surface area contributed by atoms with Gasteiger partial charge in [0.2, 0.25) is 5.75 Å². The van der Waals surface area contributed by atoms with Crippen molar-refractivity contribution in [3.63, 3.8) is 0 Å². The van der Waals surface area contributed by atoms with E-state index in [0.717, 1.165) is 61.9 Å². The lowest BCUT2D eigenvalue weighted by atomic mass is 10.0. The van der Waals surface area contributed by atoms with Crippen molar-refractivity contribution in [3.8, 4) is 17.2 Å². The molecule has 65 heavy (non-hydrogen) atoms. The van der Waals surface area contributed by atoms with E-state index in [4.69, 9.17) is 14.2 Å². The molecule has 4 heteroatoms. The highest BCUT2D eigenvalue weighted by Gasteiger charge is 2.16. The Bertz CT molecular complexity index is 1000. The van der Waals surface area contributed by atoms with Crippen LogP contribution in [0.4, 0.5) is 0 Å². The molecule has 0 fully saturated rings. The highest BCUT2D eigenvalue weighted by atomic mass is 32.1. The first kappa shape index (κ1) is 62.0. The largest absolute Gasteiger partial charge is 0.490 e. The van der Waals surface area contributed by atoms with Crippen molar-refractivity contribution in [2.24, 2.45) is 0 Å². The van der Waals surface area contributed by atoms with Crippen LogP contribution in [0.3, 0.4) is 0 Å². The first-order valence-electron chi connectivity index (χ1n) is 29.9. The molecule has 1 aromatic rings. The van der Waals surface area contributed by atoms with Crippen LogP contribution in [0.5, 0.6) is 17.2 Å². The quantitative estimate of drug-likeness (QED) is 0.0521. The number of hydrogen-bond acceptors (Lipinski definition) is 4. The molecular formula is C61H116O3S. The summed E-state index contributed by atoms with van der Waals surface area (Å²) < 4.78 is 19.6. The monoisotopic (exact) mass is 929 g/mol. The zero-order valence-electron chi connectivity index (χ0n) is 44.6. The maximum Gasteiger partial charge on any atom is 0.203 e. The maximum atomic E-state index is 6.58. The molecule has 0 amide bonds. The van der Waals surface area contributed by atoms with Crippen LogP contribution in [0.25, 0.3) is 0 Å². The first-order chi connectivity index (χ1) is 32.3. The summed E-state index contributed by atoms with van der Waals surface area (Å²) >= 11 is 4.67. The van der Waals surface area contributed by atoms with Crippen LogP contribution in [0.2, 0.25) is 0 Å². The SMILES string of the molecule is CCCCCCCCCCCCCCCCCCOc1cc(CS)cc(OCCCCCCCCCCCCCCCCCC)c1OCCCCCCCCCCCCCCCCCC. The third-order valence-electron chi connectivity index (χ3n) is 14.0. The molecule has 0 aromatic heterocycles. The van der Waals surface area contributed by atoms with Gasteiger partial charge in [0.25, 0.3) is 0 Å². The number of thiol groups is 1. The van der Waals surface area contributed by atoms with E-state index in [1.807, 2.05) is 0 Å². The third kappa shape index (κ3) is 42.8. The Morgan fingerprint density at radius 1 is 0.262 bits per heavy atom. The van der Waals surface area contributed by atoms with Crippen molar-refractivity contribution < 1.29 is 14.2 Å². The van der Waals surface area contributed by atoms with Gasteiger partial charge in [-0.2, -0.15) is 12.6 Å². The summed E-state index contributed by atoms with van der Waals surface area (Å²) in [6.45, 7) is 9.12. The van der Waals surface area contributed by atoms with Crippen molar-refractivity contribution in [1.29, 1.82) is 0 Å². The Kier molecular flexibility index (Phi) is 49.9. The second-order valence-corrected chi connectivity index (χ2v) is 20.9. The van der Waals surface area contributed by atoms with Crippen LogP contribution in [-0.4, -0.2) is 19.8 Å². The molecule has 1 aromatic carbocycles. The molecule has 0 aliphatic rings. The van der Waals surface area contributed by atoms with Crippen molar-refractivity contribution in [3.05, 3.63) is 17.7 Å². The zero-order chi connectivity index (χ0) is 46.6. The molecule has 3 nitrogen and oxygen atoms in total. The van der Waals surface area contributed by atoms with Crippen LogP contribution in [0.15, 0.2) is 12.1 Å². The molecule has 0 atom stereocenters. The summed E-state index contributed by atoms with van der Waals surface area (Å²) in [6, 6.07) is 4.31. The summed E-state index contributed by atoms with van der Waals surface area (Å²) in [5.41, 5.74) is 1.15. The highest BCUT2D eigenvalue weighted by molar-refractivity contribution is 7.79. The lowest BCUT2D eigenvalue weighted by Gasteiger charge is -2.19. The molecule has 0 N–H and O–H groups in total. The van der Waals surface area contributed by atoms with Crippen LogP contribution >= 0.6 is 12.6 Å². The van der Waals surface area contributed by atoms with Gasteiger partial charge in [-0.1, -0.05) is 310 Å². The minimum atomic E-state index is 0.671. The van der Waals surface area contributed by atoms with E-state index >= 15 is 0 Å². The van der Waals surface area contributed by atoms with E-state index in [1.165, 1.54) is 289 Å².